The largest absolute Gasteiger partial charge is 0.394 e. The molecule has 0 spiro atoms. The molecule has 3 heterocycles. The number of nitrogens with two attached hydrogens (primary N) is 1. The average Bonchev–Trinajstić information content (AvgIpc) is 3.09. The molecule has 3 rings (SSSR count). The highest BCUT2D eigenvalue weighted by Crippen LogP contribution is 2.30. The molecule has 120 valence electrons. The summed E-state index contributed by atoms with van der Waals surface area (Å²) in [6, 6.07) is 4.67. The number of quaternary nitrogens is 1. The monoisotopic (exact) mass is 304 g/mol. The second-order valence-corrected chi connectivity index (χ2v) is 6.39. The van der Waals surface area contributed by atoms with E-state index in [2.05, 4.69) is 31.9 Å². The molecule has 6 nitrogen and oxygen atoms in total. The van der Waals surface area contributed by atoms with E-state index >= 15 is 0 Å². The highest BCUT2D eigenvalue weighted by molar-refractivity contribution is 5.82. The molecule has 2 atom stereocenters. The van der Waals surface area contributed by atoms with Gasteiger partial charge >= 0.3 is 0 Å². The fraction of sp³-hybridized carbons (Fsp3) is 0.562. The standard InChI is InChI=1S/C16H25N5O/c1-11-4-5-14-15(17)16(18-21(14)12(11)2)20-7-6-13(10-20)19(3)8-9-22/h4-5,13,22H,6-10,17H2,1-3H3/p+1. The summed E-state index contributed by atoms with van der Waals surface area (Å²) in [5, 5.41) is 13.9. The van der Waals surface area contributed by atoms with Crippen LogP contribution < -0.4 is 15.5 Å². The Morgan fingerprint density at radius 3 is 2.91 bits per heavy atom. The Hall–Kier alpha value is -1.79. The Morgan fingerprint density at radius 1 is 1.41 bits per heavy atom. The van der Waals surface area contributed by atoms with E-state index in [1.165, 1.54) is 10.5 Å². The van der Waals surface area contributed by atoms with Crippen molar-refractivity contribution in [2.24, 2.45) is 0 Å². The minimum Gasteiger partial charge on any atom is -0.394 e. The Labute approximate surface area is 131 Å². The topological polar surface area (TPSA) is 71.2 Å². The molecule has 0 aromatic carbocycles. The van der Waals surface area contributed by atoms with Gasteiger partial charge in [-0.3, -0.25) is 0 Å². The van der Waals surface area contributed by atoms with Crippen LogP contribution in [0.2, 0.25) is 0 Å². The summed E-state index contributed by atoms with van der Waals surface area (Å²) in [6.07, 6.45) is 1.11. The van der Waals surface area contributed by atoms with Crippen molar-refractivity contribution in [1.29, 1.82) is 0 Å². The molecule has 0 saturated carbocycles. The van der Waals surface area contributed by atoms with Crippen LogP contribution in [0, 0.1) is 13.8 Å². The van der Waals surface area contributed by atoms with Crippen LogP contribution in [-0.2, 0) is 0 Å². The third-order valence-electron chi connectivity index (χ3n) is 5.01. The highest BCUT2D eigenvalue weighted by Gasteiger charge is 2.31. The SMILES string of the molecule is Cc1ccc2c(N)c(N3CCC([NH+](C)CCO)C3)nn2c1C. The van der Waals surface area contributed by atoms with E-state index in [1.807, 2.05) is 10.6 Å². The van der Waals surface area contributed by atoms with Gasteiger partial charge in [0.15, 0.2) is 5.82 Å². The quantitative estimate of drug-likeness (QED) is 0.720. The predicted octanol–water partition coefficient (Wildman–Crippen LogP) is -0.381. The van der Waals surface area contributed by atoms with Crippen molar-refractivity contribution in [1.82, 2.24) is 9.61 Å². The summed E-state index contributed by atoms with van der Waals surface area (Å²) in [5.74, 6) is 0.896. The maximum atomic E-state index is 9.11. The Balaban J connectivity index is 1.89. The van der Waals surface area contributed by atoms with Crippen molar-refractivity contribution in [3.05, 3.63) is 23.4 Å². The smallest absolute Gasteiger partial charge is 0.175 e. The van der Waals surface area contributed by atoms with Crippen molar-refractivity contribution in [2.75, 3.05) is 43.9 Å². The van der Waals surface area contributed by atoms with Crippen LogP contribution in [0.3, 0.4) is 0 Å². The van der Waals surface area contributed by atoms with Gasteiger partial charge in [0.25, 0.3) is 0 Å². The third-order valence-corrected chi connectivity index (χ3v) is 5.01. The molecule has 1 saturated heterocycles. The number of aliphatic hydroxyl groups excluding tert-OH is 1. The van der Waals surface area contributed by atoms with Crippen molar-refractivity contribution in [3.8, 4) is 0 Å². The van der Waals surface area contributed by atoms with Crippen molar-refractivity contribution in [3.63, 3.8) is 0 Å². The van der Waals surface area contributed by atoms with Gasteiger partial charge in [-0.2, -0.15) is 0 Å². The summed E-state index contributed by atoms with van der Waals surface area (Å²) in [5.41, 5.74) is 10.4. The molecule has 6 heteroatoms. The lowest BCUT2D eigenvalue weighted by Crippen LogP contribution is -3.13. The first-order valence-corrected chi connectivity index (χ1v) is 7.95. The maximum absolute atomic E-state index is 9.11. The fourth-order valence-corrected chi connectivity index (χ4v) is 3.31. The van der Waals surface area contributed by atoms with Crippen LogP contribution in [-0.4, -0.2) is 54.1 Å². The molecular formula is C16H26N5O+. The summed E-state index contributed by atoms with van der Waals surface area (Å²) in [4.78, 5) is 3.65. The first kappa shape index (κ1) is 15.1. The highest BCUT2D eigenvalue weighted by atomic mass is 16.3. The van der Waals surface area contributed by atoms with Gasteiger partial charge in [-0.05, 0) is 25.5 Å². The van der Waals surface area contributed by atoms with E-state index in [-0.39, 0.29) is 6.61 Å². The molecule has 1 aliphatic heterocycles. The number of fused-ring (bicyclic) bond motifs is 1. The predicted molar refractivity (Wildman–Crippen MR) is 88.5 cm³/mol. The summed E-state index contributed by atoms with van der Waals surface area (Å²) >= 11 is 0. The Kier molecular flexibility index (Phi) is 3.97. The number of aromatic nitrogens is 2. The summed E-state index contributed by atoms with van der Waals surface area (Å²) in [6.45, 7) is 7.10. The number of rotatable bonds is 4. The van der Waals surface area contributed by atoms with Gasteiger partial charge in [0.1, 0.15) is 18.3 Å². The normalized spacial score (nSPS) is 20.0. The van der Waals surface area contributed by atoms with Crippen molar-refractivity contribution < 1.29 is 10.0 Å². The fourth-order valence-electron chi connectivity index (χ4n) is 3.31. The van der Waals surface area contributed by atoms with Gasteiger partial charge in [-0.25, -0.2) is 4.52 Å². The summed E-state index contributed by atoms with van der Waals surface area (Å²) < 4.78 is 1.96. The molecule has 2 unspecified atom stereocenters. The lowest BCUT2D eigenvalue weighted by atomic mass is 10.2. The third kappa shape index (κ3) is 2.42. The number of hydrogen-bond acceptors (Lipinski definition) is 4. The van der Waals surface area contributed by atoms with Crippen molar-refractivity contribution in [2.45, 2.75) is 26.3 Å². The molecule has 1 fully saturated rings. The number of pyridine rings is 1. The van der Waals surface area contributed by atoms with E-state index in [1.54, 1.807) is 0 Å². The Bertz CT molecular complexity index is 681. The van der Waals surface area contributed by atoms with Crippen LogP contribution in [0.1, 0.15) is 17.7 Å². The van der Waals surface area contributed by atoms with E-state index in [4.69, 9.17) is 15.9 Å². The first-order chi connectivity index (χ1) is 10.5. The zero-order chi connectivity index (χ0) is 15.9. The first-order valence-electron chi connectivity index (χ1n) is 7.95. The van der Waals surface area contributed by atoms with Crippen LogP contribution >= 0.6 is 0 Å². The second kappa shape index (κ2) is 5.78. The number of likely N-dealkylation sites (N-methyl/N-ethyl adjacent to an activating group) is 1. The number of nitrogens with one attached hydrogen (secondary N) is 1. The molecular weight excluding hydrogens is 278 g/mol. The number of nitrogen functional groups attached to an aromatic ring is 1. The Morgan fingerprint density at radius 2 is 2.18 bits per heavy atom. The molecule has 2 aromatic heterocycles. The van der Waals surface area contributed by atoms with E-state index in [9.17, 15) is 0 Å². The molecule has 4 N–H and O–H groups in total. The lowest BCUT2D eigenvalue weighted by molar-refractivity contribution is -0.903. The van der Waals surface area contributed by atoms with Crippen LogP contribution in [0.5, 0.6) is 0 Å². The zero-order valence-corrected chi connectivity index (χ0v) is 13.6. The van der Waals surface area contributed by atoms with Crippen LogP contribution in [0.4, 0.5) is 11.5 Å². The zero-order valence-electron chi connectivity index (χ0n) is 13.6. The number of aliphatic hydroxyl groups is 1. The molecule has 0 radical (unpaired) electrons. The average molecular weight is 304 g/mol. The van der Waals surface area contributed by atoms with Crippen LogP contribution in [0.15, 0.2) is 12.1 Å². The minimum atomic E-state index is 0.233. The van der Waals surface area contributed by atoms with Gasteiger partial charge < -0.3 is 20.6 Å². The number of anilines is 2. The number of hydrogen-bond donors (Lipinski definition) is 3. The lowest BCUT2D eigenvalue weighted by Gasteiger charge is -2.21. The molecule has 0 aliphatic carbocycles. The van der Waals surface area contributed by atoms with Gasteiger partial charge in [0, 0.05) is 18.7 Å². The van der Waals surface area contributed by atoms with Crippen LogP contribution in [0.25, 0.3) is 5.52 Å². The van der Waals surface area contributed by atoms with Gasteiger partial charge in [-0.15, -0.1) is 5.10 Å². The molecule has 0 amide bonds. The second-order valence-electron chi connectivity index (χ2n) is 6.39. The van der Waals surface area contributed by atoms with Gasteiger partial charge in [0.05, 0.1) is 25.7 Å². The van der Waals surface area contributed by atoms with Crippen molar-refractivity contribution >= 4 is 17.0 Å². The molecule has 22 heavy (non-hydrogen) atoms. The van der Waals surface area contributed by atoms with E-state index in [0.29, 0.717) is 6.04 Å². The van der Waals surface area contributed by atoms with E-state index in [0.717, 1.165) is 48.8 Å². The molecule has 1 aliphatic rings. The van der Waals surface area contributed by atoms with E-state index < -0.39 is 0 Å². The van der Waals surface area contributed by atoms with Gasteiger partial charge in [-0.1, -0.05) is 6.07 Å². The number of nitrogens with zero attached hydrogens (tertiary/aromatic N) is 3. The maximum Gasteiger partial charge on any atom is 0.175 e. The summed E-state index contributed by atoms with van der Waals surface area (Å²) in [7, 11) is 2.14. The van der Waals surface area contributed by atoms with Gasteiger partial charge in [0.2, 0.25) is 0 Å². The molecule has 2 aromatic rings. The molecule has 0 bridgehead atoms. The minimum absolute atomic E-state index is 0.233. The number of aryl methyl sites for hydroxylation is 2.